The minimum Gasteiger partial charge on any atom is -0.316 e. The Kier molecular flexibility index (Phi) is 3.31. The number of rotatable bonds is 2. The van der Waals surface area contributed by atoms with Crippen molar-refractivity contribution in [1.29, 1.82) is 0 Å². The summed E-state index contributed by atoms with van der Waals surface area (Å²) >= 11 is 0. The molecule has 1 aliphatic heterocycles. The smallest absolute Gasteiger partial charge is 0.131 e. The van der Waals surface area contributed by atoms with Crippen molar-refractivity contribution >= 4 is 0 Å². The standard InChI is InChI=1S/C12H19N3/c1-9(2)12-14-7-5-11(15-12)10-4-3-6-13-8-10/h5,7,9-10,13H,3-4,6,8H2,1-2H3/t10-/m0/s1. The number of hydrogen-bond acceptors (Lipinski definition) is 3. The number of aromatic nitrogens is 2. The number of nitrogens with zero attached hydrogens (tertiary/aromatic N) is 2. The number of hydrogen-bond donors (Lipinski definition) is 1. The highest BCUT2D eigenvalue weighted by Gasteiger charge is 2.17. The Bertz CT molecular complexity index is 316. The van der Waals surface area contributed by atoms with E-state index in [1.807, 2.05) is 6.20 Å². The van der Waals surface area contributed by atoms with Crippen LogP contribution in [0.4, 0.5) is 0 Å². The Hall–Kier alpha value is -0.960. The maximum atomic E-state index is 4.64. The van der Waals surface area contributed by atoms with Crippen LogP contribution in [-0.4, -0.2) is 23.1 Å². The summed E-state index contributed by atoms with van der Waals surface area (Å²) < 4.78 is 0. The van der Waals surface area contributed by atoms with E-state index < -0.39 is 0 Å². The van der Waals surface area contributed by atoms with Gasteiger partial charge in [-0.3, -0.25) is 0 Å². The van der Waals surface area contributed by atoms with Gasteiger partial charge < -0.3 is 5.32 Å². The van der Waals surface area contributed by atoms with E-state index in [2.05, 4.69) is 35.2 Å². The fraction of sp³-hybridized carbons (Fsp3) is 0.667. The third-order valence-electron chi connectivity index (χ3n) is 2.93. The van der Waals surface area contributed by atoms with Gasteiger partial charge in [-0.1, -0.05) is 13.8 Å². The van der Waals surface area contributed by atoms with E-state index in [4.69, 9.17) is 0 Å². The maximum absolute atomic E-state index is 4.64. The summed E-state index contributed by atoms with van der Waals surface area (Å²) in [5.74, 6) is 1.97. The quantitative estimate of drug-likeness (QED) is 0.803. The Balaban J connectivity index is 2.16. The van der Waals surface area contributed by atoms with Crippen molar-refractivity contribution in [2.24, 2.45) is 0 Å². The minimum absolute atomic E-state index is 0.418. The molecule has 1 aliphatic rings. The average molecular weight is 205 g/mol. The summed E-state index contributed by atoms with van der Waals surface area (Å²) in [6.07, 6.45) is 4.40. The SMILES string of the molecule is CC(C)c1nccc([C@H]2CCCNC2)n1. The molecule has 2 rings (SSSR count). The fourth-order valence-electron chi connectivity index (χ4n) is 2.00. The Morgan fingerprint density at radius 2 is 2.33 bits per heavy atom. The molecule has 0 amide bonds. The third-order valence-corrected chi connectivity index (χ3v) is 2.93. The Labute approximate surface area is 91.3 Å². The van der Waals surface area contributed by atoms with Crippen molar-refractivity contribution in [2.75, 3.05) is 13.1 Å². The number of piperidine rings is 1. The van der Waals surface area contributed by atoms with Crippen LogP contribution >= 0.6 is 0 Å². The van der Waals surface area contributed by atoms with Gasteiger partial charge in [0.1, 0.15) is 5.82 Å². The molecule has 15 heavy (non-hydrogen) atoms. The topological polar surface area (TPSA) is 37.8 Å². The summed E-state index contributed by atoms with van der Waals surface area (Å²) in [7, 11) is 0. The van der Waals surface area contributed by atoms with E-state index in [-0.39, 0.29) is 0 Å². The molecule has 2 heterocycles. The van der Waals surface area contributed by atoms with Gasteiger partial charge in [0, 0.05) is 30.3 Å². The largest absolute Gasteiger partial charge is 0.316 e. The minimum atomic E-state index is 0.418. The molecule has 0 spiro atoms. The first-order chi connectivity index (χ1) is 7.27. The monoisotopic (exact) mass is 205 g/mol. The van der Waals surface area contributed by atoms with Gasteiger partial charge in [-0.05, 0) is 25.5 Å². The van der Waals surface area contributed by atoms with Crippen LogP contribution in [0.15, 0.2) is 12.3 Å². The molecule has 1 aromatic rings. The molecule has 0 aliphatic carbocycles. The van der Waals surface area contributed by atoms with E-state index in [0.717, 1.165) is 18.9 Å². The molecule has 82 valence electrons. The molecule has 3 nitrogen and oxygen atoms in total. The van der Waals surface area contributed by atoms with Gasteiger partial charge in [-0.2, -0.15) is 0 Å². The number of nitrogens with one attached hydrogen (secondary N) is 1. The summed E-state index contributed by atoms with van der Waals surface area (Å²) in [5.41, 5.74) is 1.21. The van der Waals surface area contributed by atoms with Crippen molar-refractivity contribution < 1.29 is 0 Å². The second-order valence-electron chi connectivity index (χ2n) is 4.54. The lowest BCUT2D eigenvalue weighted by Gasteiger charge is -2.22. The van der Waals surface area contributed by atoms with Crippen LogP contribution in [-0.2, 0) is 0 Å². The highest BCUT2D eigenvalue weighted by molar-refractivity contribution is 5.11. The van der Waals surface area contributed by atoms with Crippen LogP contribution in [0.2, 0.25) is 0 Å². The molecule has 3 heteroatoms. The molecular weight excluding hydrogens is 186 g/mol. The van der Waals surface area contributed by atoms with Crippen LogP contribution in [0, 0.1) is 0 Å². The van der Waals surface area contributed by atoms with Crippen molar-refractivity contribution in [1.82, 2.24) is 15.3 Å². The van der Waals surface area contributed by atoms with E-state index >= 15 is 0 Å². The van der Waals surface area contributed by atoms with E-state index in [0.29, 0.717) is 11.8 Å². The molecule has 0 radical (unpaired) electrons. The normalized spacial score (nSPS) is 21.9. The van der Waals surface area contributed by atoms with E-state index in [1.165, 1.54) is 18.5 Å². The van der Waals surface area contributed by atoms with Crippen LogP contribution in [0.25, 0.3) is 0 Å². The zero-order valence-electron chi connectivity index (χ0n) is 9.53. The van der Waals surface area contributed by atoms with Crippen molar-refractivity contribution in [3.05, 3.63) is 23.8 Å². The zero-order valence-corrected chi connectivity index (χ0v) is 9.53. The molecule has 0 bridgehead atoms. The van der Waals surface area contributed by atoms with Gasteiger partial charge in [0.05, 0.1) is 0 Å². The Morgan fingerprint density at radius 3 is 3.00 bits per heavy atom. The summed E-state index contributed by atoms with van der Waals surface area (Å²) in [6, 6.07) is 2.06. The lowest BCUT2D eigenvalue weighted by Crippen LogP contribution is -2.29. The van der Waals surface area contributed by atoms with E-state index in [1.54, 1.807) is 0 Å². The van der Waals surface area contributed by atoms with Crippen LogP contribution in [0.1, 0.15) is 50.0 Å². The van der Waals surface area contributed by atoms with Gasteiger partial charge >= 0.3 is 0 Å². The van der Waals surface area contributed by atoms with Crippen molar-refractivity contribution in [3.63, 3.8) is 0 Å². The second kappa shape index (κ2) is 4.71. The zero-order chi connectivity index (χ0) is 10.7. The van der Waals surface area contributed by atoms with Gasteiger partial charge in [-0.25, -0.2) is 9.97 Å². The molecule has 1 N–H and O–H groups in total. The highest BCUT2D eigenvalue weighted by atomic mass is 14.9. The lowest BCUT2D eigenvalue weighted by molar-refractivity contribution is 0.452. The maximum Gasteiger partial charge on any atom is 0.131 e. The van der Waals surface area contributed by atoms with Crippen molar-refractivity contribution in [3.8, 4) is 0 Å². The van der Waals surface area contributed by atoms with Gasteiger partial charge in [0.25, 0.3) is 0 Å². The van der Waals surface area contributed by atoms with Crippen molar-refractivity contribution in [2.45, 2.75) is 38.5 Å². The van der Waals surface area contributed by atoms with E-state index in [9.17, 15) is 0 Å². The van der Waals surface area contributed by atoms with Gasteiger partial charge in [0.15, 0.2) is 0 Å². The first-order valence-corrected chi connectivity index (χ1v) is 5.81. The summed E-state index contributed by atoms with van der Waals surface area (Å²) in [6.45, 7) is 6.49. The molecular formula is C12H19N3. The average Bonchev–Trinajstić information content (AvgIpc) is 2.30. The predicted octanol–water partition coefficient (Wildman–Crippen LogP) is 2.07. The molecule has 1 saturated heterocycles. The Morgan fingerprint density at radius 1 is 1.47 bits per heavy atom. The molecule has 0 unspecified atom stereocenters. The molecule has 1 aromatic heterocycles. The summed E-state index contributed by atoms with van der Waals surface area (Å²) in [4.78, 5) is 8.95. The first kappa shape index (κ1) is 10.6. The summed E-state index contributed by atoms with van der Waals surface area (Å²) in [5, 5.41) is 3.42. The molecule has 0 saturated carbocycles. The van der Waals surface area contributed by atoms with Gasteiger partial charge in [0.2, 0.25) is 0 Å². The molecule has 0 aromatic carbocycles. The highest BCUT2D eigenvalue weighted by Crippen LogP contribution is 2.22. The van der Waals surface area contributed by atoms with Crippen LogP contribution < -0.4 is 5.32 Å². The second-order valence-corrected chi connectivity index (χ2v) is 4.54. The molecule has 1 atom stereocenters. The molecule has 1 fully saturated rings. The predicted molar refractivity (Wildman–Crippen MR) is 61.0 cm³/mol. The first-order valence-electron chi connectivity index (χ1n) is 5.81. The third kappa shape index (κ3) is 2.53. The fourth-order valence-corrected chi connectivity index (χ4v) is 2.00. The van der Waals surface area contributed by atoms with Gasteiger partial charge in [-0.15, -0.1) is 0 Å². The van der Waals surface area contributed by atoms with Crippen LogP contribution in [0.5, 0.6) is 0 Å². The van der Waals surface area contributed by atoms with Crippen LogP contribution in [0.3, 0.4) is 0 Å². The lowest BCUT2D eigenvalue weighted by atomic mass is 9.96.